The third kappa shape index (κ3) is 3.53. The number of nitriles is 1. The van der Waals surface area contributed by atoms with E-state index in [2.05, 4.69) is 26.6 Å². The summed E-state index contributed by atoms with van der Waals surface area (Å²) < 4.78 is 2.55. The van der Waals surface area contributed by atoms with Gasteiger partial charge in [-0.05, 0) is 23.8 Å². The van der Waals surface area contributed by atoms with Gasteiger partial charge in [0.15, 0.2) is 5.65 Å². The number of H-pyrrole nitrogens is 1. The molecule has 0 fully saturated rings. The van der Waals surface area contributed by atoms with E-state index in [1.807, 2.05) is 18.2 Å². The number of hydrogen-bond donors (Lipinski definition) is 3. The molecule has 29 heavy (non-hydrogen) atoms. The molecule has 0 bridgehead atoms. The molecule has 3 heterocycles. The lowest BCUT2D eigenvalue weighted by molar-refractivity contribution is 0.0943. The van der Waals surface area contributed by atoms with E-state index < -0.39 is 0 Å². The van der Waals surface area contributed by atoms with Crippen molar-refractivity contribution in [2.24, 2.45) is 7.05 Å². The second-order valence-corrected chi connectivity index (χ2v) is 7.56. The monoisotopic (exact) mass is 403 g/mol. The van der Waals surface area contributed by atoms with Crippen LogP contribution in [0.4, 0.5) is 0 Å². The van der Waals surface area contributed by atoms with Crippen molar-refractivity contribution in [2.45, 2.75) is 13.0 Å². The third-order valence-electron chi connectivity index (χ3n) is 4.60. The number of nitrogens with zero attached hydrogens (tertiary/aromatic N) is 4. The zero-order chi connectivity index (χ0) is 20.4. The number of fused-ring (bicyclic) bond motifs is 1. The quantitative estimate of drug-likeness (QED) is 0.428. The van der Waals surface area contributed by atoms with E-state index in [0.717, 1.165) is 21.0 Å². The maximum atomic E-state index is 12.8. The molecule has 9 heteroatoms. The summed E-state index contributed by atoms with van der Waals surface area (Å²) in [6.45, 7) is 0.333. The number of carbonyl (C=O) groups excluding carboxylic acids is 1. The molecule has 0 saturated heterocycles. The average Bonchev–Trinajstić information content (AvgIpc) is 3.45. The number of aromatic nitrogens is 4. The molecule has 0 aliphatic carbocycles. The summed E-state index contributed by atoms with van der Waals surface area (Å²) in [6.07, 6.45) is 3.52. The lowest BCUT2D eigenvalue weighted by Crippen LogP contribution is -2.26. The summed E-state index contributed by atoms with van der Waals surface area (Å²) in [5.41, 5.74) is 4.09. The second-order valence-electron chi connectivity index (χ2n) is 6.48. The van der Waals surface area contributed by atoms with Crippen molar-refractivity contribution in [3.8, 4) is 6.07 Å². The SMILES string of the molecule is Cn1c(C(=O)NCc2ccc(C#N)cc2)c(C=N)c2sc(Cc3ccn[nH]3)nc21. The van der Waals surface area contributed by atoms with Crippen LogP contribution in [0, 0.1) is 16.7 Å². The van der Waals surface area contributed by atoms with E-state index in [9.17, 15) is 4.79 Å². The Morgan fingerprint density at radius 3 is 2.83 bits per heavy atom. The van der Waals surface area contributed by atoms with Gasteiger partial charge in [0.05, 0.1) is 16.3 Å². The highest BCUT2D eigenvalue weighted by Crippen LogP contribution is 2.30. The Labute approximate surface area is 170 Å². The molecule has 3 aromatic heterocycles. The maximum Gasteiger partial charge on any atom is 0.268 e. The van der Waals surface area contributed by atoms with Gasteiger partial charge < -0.3 is 15.3 Å². The van der Waals surface area contributed by atoms with Crippen LogP contribution in [-0.2, 0) is 20.0 Å². The zero-order valence-electron chi connectivity index (χ0n) is 15.6. The first-order valence-electron chi connectivity index (χ1n) is 8.84. The van der Waals surface area contributed by atoms with Gasteiger partial charge in [-0.25, -0.2) is 4.98 Å². The van der Waals surface area contributed by atoms with Crippen LogP contribution in [0.25, 0.3) is 10.3 Å². The van der Waals surface area contributed by atoms with Gasteiger partial charge in [-0.1, -0.05) is 12.1 Å². The molecule has 4 aromatic rings. The fourth-order valence-corrected chi connectivity index (χ4v) is 4.28. The van der Waals surface area contributed by atoms with Crippen molar-refractivity contribution in [3.05, 3.63) is 69.6 Å². The van der Waals surface area contributed by atoms with Crippen LogP contribution in [0.1, 0.15) is 37.9 Å². The number of carbonyl (C=O) groups is 1. The smallest absolute Gasteiger partial charge is 0.268 e. The second kappa shape index (κ2) is 7.69. The lowest BCUT2D eigenvalue weighted by atomic mass is 10.1. The molecule has 0 atom stereocenters. The first-order chi connectivity index (χ1) is 14.1. The van der Waals surface area contributed by atoms with Crippen molar-refractivity contribution >= 4 is 33.8 Å². The number of hydrogen-bond acceptors (Lipinski definition) is 6. The molecule has 3 N–H and O–H groups in total. The molecule has 0 saturated carbocycles. The molecular formula is C20H17N7OS. The van der Waals surface area contributed by atoms with Crippen LogP contribution in [0.2, 0.25) is 0 Å². The zero-order valence-corrected chi connectivity index (χ0v) is 16.4. The predicted molar refractivity (Wildman–Crippen MR) is 110 cm³/mol. The number of benzene rings is 1. The minimum Gasteiger partial charge on any atom is -0.347 e. The fraction of sp³-hybridized carbons (Fsp3) is 0.150. The molecule has 1 aromatic carbocycles. The molecule has 8 nitrogen and oxygen atoms in total. The fourth-order valence-electron chi connectivity index (χ4n) is 3.15. The van der Waals surface area contributed by atoms with Gasteiger partial charge >= 0.3 is 0 Å². The van der Waals surface area contributed by atoms with Crippen molar-refractivity contribution < 1.29 is 4.79 Å². The molecule has 0 radical (unpaired) electrons. The lowest BCUT2D eigenvalue weighted by Gasteiger charge is -2.08. The van der Waals surface area contributed by atoms with E-state index in [4.69, 9.17) is 10.7 Å². The van der Waals surface area contributed by atoms with Gasteiger partial charge in [-0.3, -0.25) is 9.89 Å². The first-order valence-corrected chi connectivity index (χ1v) is 9.66. The summed E-state index contributed by atoms with van der Waals surface area (Å²) in [4.78, 5) is 17.5. The highest BCUT2D eigenvalue weighted by atomic mass is 32.1. The molecule has 0 spiro atoms. The summed E-state index contributed by atoms with van der Waals surface area (Å²) >= 11 is 1.48. The van der Waals surface area contributed by atoms with E-state index >= 15 is 0 Å². The highest BCUT2D eigenvalue weighted by Gasteiger charge is 2.23. The number of amides is 1. The summed E-state index contributed by atoms with van der Waals surface area (Å²) in [5.74, 6) is -0.268. The number of thiazole rings is 1. The van der Waals surface area contributed by atoms with Crippen LogP contribution in [0.3, 0.4) is 0 Å². The Bertz CT molecular complexity index is 1230. The minimum atomic E-state index is -0.268. The first kappa shape index (κ1) is 18.6. The van der Waals surface area contributed by atoms with Crippen LogP contribution in [0.5, 0.6) is 0 Å². The van der Waals surface area contributed by atoms with E-state index in [1.54, 1.807) is 29.9 Å². The number of nitrogens with one attached hydrogen (secondary N) is 3. The van der Waals surface area contributed by atoms with Crippen LogP contribution in [-0.4, -0.2) is 31.9 Å². The van der Waals surface area contributed by atoms with E-state index in [-0.39, 0.29) is 5.91 Å². The van der Waals surface area contributed by atoms with Crippen molar-refractivity contribution in [1.29, 1.82) is 10.7 Å². The number of aryl methyl sites for hydroxylation is 1. The summed E-state index contributed by atoms with van der Waals surface area (Å²) in [7, 11) is 1.78. The molecule has 0 aliphatic heterocycles. The minimum absolute atomic E-state index is 0.268. The summed E-state index contributed by atoms with van der Waals surface area (Å²) in [5, 5.41) is 27.3. The highest BCUT2D eigenvalue weighted by molar-refractivity contribution is 7.19. The van der Waals surface area contributed by atoms with Gasteiger partial charge in [0.1, 0.15) is 10.7 Å². The van der Waals surface area contributed by atoms with E-state index in [1.165, 1.54) is 17.6 Å². The van der Waals surface area contributed by atoms with Crippen LogP contribution < -0.4 is 5.32 Å². The van der Waals surface area contributed by atoms with Crippen LogP contribution in [0.15, 0.2) is 36.5 Å². The normalized spacial score (nSPS) is 10.8. The summed E-state index contributed by atoms with van der Waals surface area (Å²) in [6, 6.07) is 11.0. The largest absolute Gasteiger partial charge is 0.347 e. The Hall–Kier alpha value is -3.77. The van der Waals surface area contributed by atoms with Gasteiger partial charge in [0.25, 0.3) is 5.91 Å². The predicted octanol–water partition coefficient (Wildman–Crippen LogP) is 2.75. The third-order valence-corrected chi connectivity index (χ3v) is 5.68. The molecular weight excluding hydrogens is 386 g/mol. The Balaban J connectivity index is 1.58. The molecule has 4 rings (SSSR count). The maximum absolute atomic E-state index is 12.8. The molecule has 144 valence electrons. The van der Waals surface area contributed by atoms with Crippen LogP contribution >= 0.6 is 11.3 Å². The van der Waals surface area contributed by atoms with Gasteiger partial charge in [0.2, 0.25) is 0 Å². The number of aromatic amines is 1. The standard InChI is InChI=1S/C20H17N7OS/c1-27-17(20(28)23-11-13-4-2-12(9-21)3-5-13)15(10-22)18-19(27)25-16(29-18)8-14-6-7-24-26-14/h2-7,10,22H,8,11H2,1H3,(H,23,28)(H,24,26). The Morgan fingerprint density at radius 2 is 2.17 bits per heavy atom. The Kier molecular flexibility index (Phi) is 4.93. The van der Waals surface area contributed by atoms with Crippen molar-refractivity contribution in [1.82, 2.24) is 25.1 Å². The van der Waals surface area contributed by atoms with Gasteiger partial charge in [-0.15, -0.1) is 11.3 Å². The molecule has 1 amide bonds. The van der Waals surface area contributed by atoms with Crippen molar-refractivity contribution in [3.63, 3.8) is 0 Å². The van der Waals surface area contributed by atoms with Gasteiger partial charge in [-0.2, -0.15) is 10.4 Å². The number of rotatable bonds is 6. The molecule has 0 aliphatic rings. The average molecular weight is 403 g/mol. The van der Waals surface area contributed by atoms with E-state index in [0.29, 0.717) is 35.4 Å². The van der Waals surface area contributed by atoms with Gasteiger partial charge in [0, 0.05) is 43.7 Å². The Morgan fingerprint density at radius 1 is 1.38 bits per heavy atom. The molecule has 0 unspecified atom stereocenters. The topological polar surface area (TPSA) is 123 Å². The van der Waals surface area contributed by atoms with Crippen molar-refractivity contribution in [2.75, 3.05) is 0 Å².